The topological polar surface area (TPSA) is 108 Å². The number of aromatic amines is 2. The maximum Gasteiger partial charge on any atom is 0.314 e. The van der Waals surface area contributed by atoms with Gasteiger partial charge in [-0.2, -0.15) is 0 Å². The predicted octanol–water partition coefficient (Wildman–Crippen LogP) is 0.541. The molecule has 7 heteroatoms. The molecule has 0 radical (unpaired) electrons. The zero-order chi connectivity index (χ0) is 15.5. The second-order valence-electron chi connectivity index (χ2n) is 4.71. The van der Waals surface area contributed by atoms with E-state index in [4.69, 9.17) is 0 Å². The maximum atomic E-state index is 12.1. The van der Waals surface area contributed by atoms with E-state index >= 15 is 0 Å². The minimum Gasteiger partial charge on any atom is -0.348 e. The van der Waals surface area contributed by atoms with E-state index in [2.05, 4.69) is 20.3 Å². The first-order valence-corrected chi connectivity index (χ1v) is 6.57. The van der Waals surface area contributed by atoms with E-state index in [0.717, 1.165) is 5.56 Å². The van der Waals surface area contributed by atoms with E-state index in [0.29, 0.717) is 23.1 Å². The van der Waals surface area contributed by atoms with Crippen molar-refractivity contribution in [1.82, 2.24) is 20.3 Å². The Morgan fingerprint density at radius 1 is 1.00 bits per heavy atom. The van der Waals surface area contributed by atoms with Gasteiger partial charge in [0.15, 0.2) is 0 Å². The highest BCUT2D eigenvalue weighted by Crippen LogP contribution is 2.09. The molecule has 3 aromatic rings. The molecule has 0 unspecified atom stereocenters. The van der Waals surface area contributed by atoms with Gasteiger partial charge in [0.1, 0.15) is 0 Å². The number of carbonyl (C=O) groups is 1. The third-order valence-electron chi connectivity index (χ3n) is 3.19. The number of benzene rings is 1. The summed E-state index contributed by atoms with van der Waals surface area (Å²) in [7, 11) is 0. The third-order valence-corrected chi connectivity index (χ3v) is 3.19. The Morgan fingerprint density at radius 3 is 2.41 bits per heavy atom. The smallest absolute Gasteiger partial charge is 0.314 e. The molecule has 0 aliphatic rings. The second-order valence-corrected chi connectivity index (χ2v) is 4.71. The number of amides is 1. The number of hydrogen-bond acceptors (Lipinski definition) is 4. The number of nitrogens with zero attached hydrogens (tertiary/aromatic N) is 1. The van der Waals surface area contributed by atoms with Crippen molar-refractivity contribution in [3.8, 4) is 0 Å². The number of rotatable bonds is 3. The standard InChI is InChI=1S/C15H12N4O3/c20-13(17-8-9-3-5-16-6-4-9)10-1-2-11-12(7-10)19-15(22)14(21)18-11/h1-7H,8H2,(H,17,20)(H,18,21)(H,19,22). The largest absolute Gasteiger partial charge is 0.348 e. The van der Waals surface area contributed by atoms with E-state index < -0.39 is 11.1 Å². The summed E-state index contributed by atoms with van der Waals surface area (Å²) in [6.07, 6.45) is 3.30. The molecule has 0 bridgehead atoms. The summed E-state index contributed by atoms with van der Waals surface area (Å²) < 4.78 is 0. The molecular formula is C15H12N4O3. The molecule has 0 aliphatic heterocycles. The van der Waals surface area contributed by atoms with Gasteiger partial charge in [-0.05, 0) is 35.9 Å². The first-order chi connectivity index (χ1) is 10.6. The normalized spacial score (nSPS) is 10.5. The molecule has 0 fully saturated rings. The molecule has 2 heterocycles. The molecule has 3 N–H and O–H groups in total. The number of nitrogens with one attached hydrogen (secondary N) is 3. The van der Waals surface area contributed by atoms with Gasteiger partial charge in [0, 0.05) is 24.5 Å². The molecule has 1 aromatic carbocycles. The number of carbonyl (C=O) groups excluding carboxylic acids is 1. The van der Waals surface area contributed by atoms with Crippen LogP contribution in [0.25, 0.3) is 11.0 Å². The molecule has 1 amide bonds. The number of hydrogen-bond donors (Lipinski definition) is 3. The SMILES string of the molecule is O=C(NCc1ccncc1)c1ccc2[nH]c(=O)c(=O)[nH]c2c1. The van der Waals surface area contributed by atoms with Crippen molar-refractivity contribution in [2.75, 3.05) is 0 Å². The molecule has 0 saturated carbocycles. The van der Waals surface area contributed by atoms with E-state index in [9.17, 15) is 14.4 Å². The summed E-state index contributed by atoms with van der Waals surface area (Å²) in [4.78, 5) is 43.5. The van der Waals surface area contributed by atoms with Gasteiger partial charge in [-0.1, -0.05) is 0 Å². The Morgan fingerprint density at radius 2 is 1.68 bits per heavy atom. The van der Waals surface area contributed by atoms with Crippen LogP contribution >= 0.6 is 0 Å². The van der Waals surface area contributed by atoms with Crippen LogP contribution in [0.15, 0.2) is 52.3 Å². The second kappa shape index (κ2) is 5.65. The Labute approximate surface area is 124 Å². The molecule has 0 spiro atoms. The van der Waals surface area contributed by atoms with Gasteiger partial charge in [0.25, 0.3) is 5.91 Å². The molecule has 22 heavy (non-hydrogen) atoms. The molecule has 0 aliphatic carbocycles. The van der Waals surface area contributed by atoms with Crippen LogP contribution < -0.4 is 16.4 Å². The van der Waals surface area contributed by atoms with Crippen LogP contribution in [0.2, 0.25) is 0 Å². The lowest BCUT2D eigenvalue weighted by Gasteiger charge is -2.06. The summed E-state index contributed by atoms with van der Waals surface area (Å²) in [6, 6.07) is 8.30. The van der Waals surface area contributed by atoms with E-state index in [-0.39, 0.29) is 5.91 Å². The van der Waals surface area contributed by atoms with Crippen molar-refractivity contribution >= 4 is 16.9 Å². The van der Waals surface area contributed by atoms with Crippen LogP contribution in [0.1, 0.15) is 15.9 Å². The predicted molar refractivity (Wildman–Crippen MR) is 80.6 cm³/mol. The minimum absolute atomic E-state index is 0.272. The van der Waals surface area contributed by atoms with Gasteiger partial charge >= 0.3 is 11.1 Å². The summed E-state index contributed by atoms with van der Waals surface area (Å²) in [6.45, 7) is 0.377. The summed E-state index contributed by atoms with van der Waals surface area (Å²) in [5, 5.41) is 2.78. The molecule has 7 nitrogen and oxygen atoms in total. The Hall–Kier alpha value is -3.22. The Kier molecular flexibility index (Phi) is 3.53. The van der Waals surface area contributed by atoms with Crippen molar-refractivity contribution in [1.29, 1.82) is 0 Å². The van der Waals surface area contributed by atoms with E-state index in [1.807, 2.05) is 12.1 Å². The Balaban J connectivity index is 1.83. The van der Waals surface area contributed by atoms with Crippen molar-refractivity contribution < 1.29 is 4.79 Å². The van der Waals surface area contributed by atoms with Crippen LogP contribution in [-0.4, -0.2) is 20.9 Å². The average molecular weight is 296 g/mol. The monoisotopic (exact) mass is 296 g/mol. The summed E-state index contributed by atoms with van der Waals surface area (Å²) in [5.74, 6) is -0.272. The quantitative estimate of drug-likeness (QED) is 0.613. The fraction of sp³-hybridized carbons (Fsp3) is 0.0667. The fourth-order valence-corrected chi connectivity index (χ4v) is 2.04. The Bertz CT molecular complexity index is 944. The van der Waals surface area contributed by atoms with Gasteiger partial charge in [-0.15, -0.1) is 0 Å². The first-order valence-electron chi connectivity index (χ1n) is 6.57. The highest BCUT2D eigenvalue weighted by Gasteiger charge is 2.07. The van der Waals surface area contributed by atoms with Gasteiger partial charge in [-0.25, -0.2) is 0 Å². The van der Waals surface area contributed by atoms with Crippen LogP contribution in [0.5, 0.6) is 0 Å². The zero-order valence-corrected chi connectivity index (χ0v) is 11.4. The molecule has 0 saturated heterocycles. The number of H-pyrrole nitrogens is 2. The molecule has 2 aromatic heterocycles. The van der Waals surface area contributed by atoms with Crippen molar-refractivity contribution in [2.45, 2.75) is 6.54 Å². The molecule has 3 rings (SSSR count). The van der Waals surface area contributed by atoms with Crippen LogP contribution in [-0.2, 0) is 6.54 Å². The van der Waals surface area contributed by atoms with Crippen LogP contribution in [0.4, 0.5) is 0 Å². The molecule has 110 valence electrons. The van der Waals surface area contributed by atoms with Gasteiger partial charge in [-0.3, -0.25) is 19.4 Å². The lowest BCUT2D eigenvalue weighted by Crippen LogP contribution is -2.29. The van der Waals surface area contributed by atoms with E-state index in [1.54, 1.807) is 24.5 Å². The highest BCUT2D eigenvalue weighted by atomic mass is 16.2. The van der Waals surface area contributed by atoms with Gasteiger partial charge in [0.2, 0.25) is 0 Å². The van der Waals surface area contributed by atoms with Gasteiger partial charge in [0.05, 0.1) is 11.0 Å². The number of aromatic nitrogens is 3. The van der Waals surface area contributed by atoms with Crippen LogP contribution in [0, 0.1) is 0 Å². The van der Waals surface area contributed by atoms with Gasteiger partial charge < -0.3 is 15.3 Å². The fourth-order valence-electron chi connectivity index (χ4n) is 2.04. The molecular weight excluding hydrogens is 284 g/mol. The van der Waals surface area contributed by atoms with Crippen LogP contribution in [0.3, 0.4) is 0 Å². The zero-order valence-electron chi connectivity index (χ0n) is 11.4. The minimum atomic E-state index is -0.748. The number of fused-ring (bicyclic) bond motifs is 1. The lowest BCUT2D eigenvalue weighted by atomic mass is 10.1. The van der Waals surface area contributed by atoms with Crippen molar-refractivity contribution in [2.24, 2.45) is 0 Å². The molecule has 0 atom stereocenters. The third kappa shape index (κ3) is 2.78. The lowest BCUT2D eigenvalue weighted by molar-refractivity contribution is 0.0951. The highest BCUT2D eigenvalue weighted by molar-refractivity contribution is 5.97. The maximum absolute atomic E-state index is 12.1. The van der Waals surface area contributed by atoms with E-state index in [1.165, 1.54) is 6.07 Å². The summed E-state index contributed by atoms with van der Waals surface area (Å²) in [5.41, 5.74) is 0.729. The number of pyridine rings is 1. The van der Waals surface area contributed by atoms with Crippen molar-refractivity contribution in [3.05, 3.63) is 74.6 Å². The van der Waals surface area contributed by atoms with Crippen molar-refractivity contribution in [3.63, 3.8) is 0 Å². The average Bonchev–Trinajstić information content (AvgIpc) is 2.54. The summed E-state index contributed by atoms with van der Waals surface area (Å²) >= 11 is 0. The first kappa shape index (κ1) is 13.7.